The van der Waals surface area contributed by atoms with Crippen molar-refractivity contribution in [3.05, 3.63) is 53.1 Å². The number of hydrogen-bond donors (Lipinski definition) is 2. The molecule has 0 radical (unpaired) electrons. The predicted octanol–water partition coefficient (Wildman–Crippen LogP) is 2.64. The van der Waals surface area contributed by atoms with Crippen molar-refractivity contribution in [2.75, 3.05) is 23.3 Å². The van der Waals surface area contributed by atoms with Gasteiger partial charge in [-0.25, -0.2) is 0 Å². The zero-order valence-electron chi connectivity index (χ0n) is 14.9. The number of carbonyl (C=O) groups excluding carboxylic acids is 3. The summed E-state index contributed by atoms with van der Waals surface area (Å²) in [5, 5.41) is 12.8. The largest absolute Gasteiger partial charge is 0.506 e. The van der Waals surface area contributed by atoms with Crippen LogP contribution in [-0.4, -0.2) is 46.9 Å². The molecule has 1 saturated heterocycles. The average Bonchev–Trinajstić information content (AvgIpc) is 3.15. The van der Waals surface area contributed by atoms with Gasteiger partial charge in [0.2, 0.25) is 11.8 Å². The van der Waals surface area contributed by atoms with Crippen molar-refractivity contribution in [3.8, 4) is 5.75 Å². The third kappa shape index (κ3) is 3.18. The van der Waals surface area contributed by atoms with E-state index in [9.17, 15) is 19.5 Å². The zero-order valence-corrected chi connectivity index (χ0v) is 15.6. The molecule has 2 N–H and O–H groups in total. The first-order valence-electron chi connectivity index (χ1n) is 8.95. The fraction of sp³-hybridized carbons (Fsp3) is 0.250. The van der Waals surface area contributed by atoms with Crippen molar-refractivity contribution in [2.24, 2.45) is 0 Å². The van der Waals surface area contributed by atoms with Crippen molar-refractivity contribution in [1.82, 2.24) is 4.90 Å². The number of anilines is 2. The number of amides is 3. The zero-order chi connectivity index (χ0) is 19.8. The molecule has 0 bridgehead atoms. The number of hydrogen-bond acceptors (Lipinski definition) is 4. The Morgan fingerprint density at radius 1 is 1.21 bits per heavy atom. The molecule has 8 heteroatoms. The van der Waals surface area contributed by atoms with Crippen LogP contribution < -0.4 is 10.2 Å². The lowest BCUT2D eigenvalue weighted by Gasteiger charge is -2.25. The summed E-state index contributed by atoms with van der Waals surface area (Å²) >= 11 is 5.91. The van der Waals surface area contributed by atoms with Gasteiger partial charge < -0.3 is 20.2 Å². The van der Waals surface area contributed by atoms with E-state index in [2.05, 4.69) is 5.32 Å². The average molecular weight is 400 g/mol. The molecule has 0 saturated carbocycles. The lowest BCUT2D eigenvalue weighted by Crippen LogP contribution is -2.47. The van der Waals surface area contributed by atoms with E-state index < -0.39 is 11.9 Å². The lowest BCUT2D eigenvalue weighted by molar-refractivity contribution is -0.124. The predicted molar refractivity (Wildman–Crippen MR) is 105 cm³/mol. The van der Waals surface area contributed by atoms with Gasteiger partial charge >= 0.3 is 0 Å². The number of aromatic hydroxyl groups is 1. The van der Waals surface area contributed by atoms with E-state index in [1.165, 1.54) is 23.1 Å². The van der Waals surface area contributed by atoms with Gasteiger partial charge in [0.25, 0.3) is 5.91 Å². The molecular weight excluding hydrogens is 382 g/mol. The summed E-state index contributed by atoms with van der Waals surface area (Å²) in [7, 11) is 0. The van der Waals surface area contributed by atoms with Crippen molar-refractivity contribution < 1.29 is 19.5 Å². The van der Waals surface area contributed by atoms with Crippen LogP contribution in [0, 0.1) is 0 Å². The molecule has 7 nitrogen and oxygen atoms in total. The van der Waals surface area contributed by atoms with Gasteiger partial charge in [-0.05, 0) is 43.2 Å². The third-order valence-corrected chi connectivity index (χ3v) is 5.26. The van der Waals surface area contributed by atoms with Crippen LogP contribution in [0.2, 0.25) is 5.02 Å². The highest BCUT2D eigenvalue weighted by Gasteiger charge is 2.42. The van der Waals surface area contributed by atoms with Crippen LogP contribution in [-0.2, 0) is 9.59 Å². The summed E-state index contributed by atoms with van der Waals surface area (Å²) in [6.45, 7) is 0.249. The van der Waals surface area contributed by atoms with Crippen molar-refractivity contribution in [1.29, 1.82) is 0 Å². The molecule has 2 aliphatic rings. The molecule has 1 atom stereocenters. The van der Waals surface area contributed by atoms with E-state index >= 15 is 0 Å². The topological polar surface area (TPSA) is 90.0 Å². The summed E-state index contributed by atoms with van der Waals surface area (Å²) in [5.74, 6) is -1.10. The molecule has 28 heavy (non-hydrogen) atoms. The Kier molecular flexibility index (Phi) is 4.68. The maximum atomic E-state index is 13.1. The van der Waals surface area contributed by atoms with E-state index in [0.717, 1.165) is 6.42 Å². The minimum Gasteiger partial charge on any atom is -0.506 e. The Balaban J connectivity index is 1.64. The number of fused-ring (bicyclic) bond motifs is 2. The van der Waals surface area contributed by atoms with Crippen LogP contribution in [0.25, 0.3) is 0 Å². The Morgan fingerprint density at radius 2 is 2.00 bits per heavy atom. The van der Waals surface area contributed by atoms with E-state index in [4.69, 9.17) is 11.6 Å². The molecule has 1 fully saturated rings. The van der Waals surface area contributed by atoms with Gasteiger partial charge in [-0.2, -0.15) is 0 Å². The standard InChI is InChI=1S/C20H18ClN3O4/c21-12-7-8-17(25)14(10-12)22-18(26)11-24-15-5-2-1-4-13(15)19(27)23-9-3-6-16(23)20(24)28/h1-2,4-5,7-8,10,16,25H,3,6,9,11H2,(H,22,26)/t16-/m1/s1. The number of nitrogens with one attached hydrogen (secondary N) is 1. The number of phenolic OH excluding ortho intramolecular Hbond substituents is 1. The Labute approximate surface area is 166 Å². The molecule has 144 valence electrons. The molecule has 0 unspecified atom stereocenters. The van der Waals surface area contributed by atoms with Gasteiger partial charge in [-0.15, -0.1) is 0 Å². The van der Waals surface area contributed by atoms with Crippen molar-refractivity contribution in [2.45, 2.75) is 18.9 Å². The van der Waals surface area contributed by atoms with E-state index in [1.807, 2.05) is 0 Å². The number of rotatable bonds is 3. The SMILES string of the molecule is O=C(CN1C(=O)[C@H]2CCCN2C(=O)c2ccccc21)Nc1cc(Cl)ccc1O. The molecular formula is C20H18ClN3O4. The highest BCUT2D eigenvalue weighted by atomic mass is 35.5. The van der Waals surface area contributed by atoms with Gasteiger partial charge in [0.15, 0.2) is 0 Å². The van der Waals surface area contributed by atoms with Crippen LogP contribution in [0.4, 0.5) is 11.4 Å². The van der Waals surface area contributed by atoms with Crippen LogP contribution in [0.5, 0.6) is 5.75 Å². The molecule has 2 aliphatic heterocycles. The van der Waals surface area contributed by atoms with Crippen LogP contribution in [0.15, 0.2) is 42.5 Å². The normalized spacial score (nSPS) is 18.5. The number of benzene rings is 2. The number of phenols is 1. The molecule has 2 heterocycles. The molecule has 2 aromatic rings. The first-order valence-corrected chi connectivity index (χ1v) is 9.33. The smallest absolute Gasteiger partial charge is 0.256 e. The second-order valence-corrected chi connectivity index (χ2v) is 7.24. The van der Waals surface area contributed by atoms with E-state index in [-0.39, 0.29) is 29.8 Å². The number of halogens is 1. The molecule has 2 aromatic carbocycles. The first-order chi connectivity index (χ1) is 13.5. The second kappa shape index (κ2) is 7.16. The molecule has 0 aliphatic carbocycles. The molecule has 0 spiro atoms. The first kappa shape index (κ1) is 18.3. The van der Waals surface area contributed by atoms with Gasteiger partial charge in [-0.3, -0.25) is 14.4 Å². The quantitative estimate of drug-likeness (QED) is 0.776. The highest BCUT2D eigenvalue weighted by Crippen LogP contribution is 2.32. The fourth-order valence-electron chi connectivity index (χ4n) is 3.71. The number of nitrogens with zero attached hydrogens (tertiary/aromatic N) is 2. The Bertz CT molecular complexity index is 978. The summed E-state index contributed by atoms with van der Waals surface area (Å²) in [4.78, 5) is 41.6. The van der Waals surface area contributed by atoms with E-state index in [1.54, 1.807) is 29.2 Å². The van der Waals surface area contributed by atoms with Crippen LogP contribution >= 0.6 is 11.6 Å². The molecule has 3 amide bonds. The minimum absolute atomic E-state index is 0.127. The van der Waals surface area contributed by atoms with Gasteiger partial charge in [0.1, 0.15) is 18.3 Å². The monoisotopic (exact) mass is 399 g/mol. The maximum absolute atomic E-state index is 13.1. The summed E-state index contributed by atoms with van der Waals surface area (Å²) in [5.41, 5.74) is 0.975. The number of para-hydroxylation sites is 1. The van der Waals surface area contributed by atoms with Crippen LogP contribution in [0.3, 0.4) is 0 Å². The Hall–Kier alpha value is -3.06. The van der Waals surface area contributed by atoms with Gasteiger partial charge in [-0.1, -0.05) is 23.7 Å². The van der Waals surface area contributed by atoms with Gasteiger partial charge in [0, 0.05) is 11.6 Å². The summed E-state index contributed by atoms with van der Waals surface area (Å²) < 4.78 is 0. The highest BCUT2D eigenvalue weighted by molar-refractivity contribution is 6.31. The van der Waals surface area contributed by atoms with Crippen molar-refractivity contribution in [3.63, 3.8) is 0 Å². The van der Waals surface area contributed by atoms with Crippen LogP contribution in [0.1, 0.15) is 23.2 Å². The number of carbonyl (C=O) groups is 3. The molecule has 4 rings (SSSR count). The third-order valence-electron chi connectivity index (χ3n) is 5.02. The maximum Gasteiger partial charge on any atom is 0.256 e. The minimum atomic E-state index is -0.563. The fourth-order valence-corrected chi connectivity index (χ4v) is 3.89. The summed E-state index contributed by atoms with van der Waals surface area (Å²) in [6.07, 6.45) is 1.33. The van der Waals surface area contributed by atoms with E-state index in [0.29, 0.717) is 29.2 Å². The van der Waals surface area contributed by atoms with Gasteiger partial charge in [0.05, 0.1) is 16.9 Å². The Morgan fingerprint density at radius 3 is 2.82 bits per heavy atom. The lowest BCUT2D eigenvalue weighted by atomic mass is 10.1. The summed E-state index contributed by atoms with van der Waals surface area (Å²) in [6, 6.07) is 10.5. The molecule has 0 aromatic heterocycles. The second-order valence-electron chi connectivity index (χ2n) is 6.81. The van der Waals surface area contributed by atoms with Crippen molar-refractivity contribution >= 4 is 40.7 Å².